The number of ether oxygens (including phenoxy) is 1. The van der Waals surface area contributed by atoms with E-state index in [1.165, 1.54) is 0 Å². The summed E-state index contributed by atoms with van der Waals surface area (Å²) in [6.45, 7) is 7.62. The van der Waals surface area contributed by atoms with Crippen LogP contribution in [0.1, 0.15) is 43.4 Å². The molecule has 1 unspecified atom stereocenters. The molecule has 0 spiro atoms. The number of aryl methyl sites for hydroxylation is 1. The smallest absolute Gasteiger partial charge is 0.261 e. The Morgan fingerprint density at radius 3 is 2.57 bits per heavy atom. The van der Waals surface area contributed by atoms with Gasteiger partial charge < -0.3 is 15.4 Å². The summed E-state index contributed by atoms with van der Waals surface area (Å²) >= 11 is 0. The van der Waals surface area contributed by atoms with Crippen molar-refractivity contribution >= 4 is 17.5 Å². The van der Waals surface area contributed by atoms with E-state index in [9.17, 15) is 9.59 Å². The molecule has 146 valence electrons. The van der Waals surface area contributed by atoms with Crippen LogP contribution < -0.4 is 15.4 Å². The summed E-state index contributed by atoms with van der Waals surface area (Å²) in [7, 11) is 0. The summed E-state index contributed by atoms with van der Waals surface area (Å²) < 4.78 is 5.86. The maximum Gasteiger partial charge on any atom is 0.261 e. The molecule has 0 saturated carbocycles. The molecule has 0 radical (unpaired) electrons. The van der Waals surface area contributed by atoms with Gasteiger partial charge in [0.15, 0.2) is 6.10 Å². The Morgan fingerprint density at radius 1 is 1.14 bits per heavy atom. The van der Waals surface area contributed by atoms with Gasteiger partial charge in [-0.1, -0.05) is 38.0 Å². The molecule has 0 fully saturated rings. The summed E-state index contributed by atoms with van der Waals surface area (Å²) in [6.07, 6.45) is 4.62. The molecule has 2 amide bonds. The van der Waals surface area contributed by atoms with Crippen molar-refractivity contribution in [1.29, 1.82) is 0 Å². The number of benzene rings is 2. The van der Waals surface area contributed by atoms with E-state index < -0.39 is 6.10 Å². The summed E-state index contributed by atoms with van der Waals surface area (Å²) in [5, 5.41) is 5.30. The molecule has 0 aliphatic rings. The van der Waals surface area contributed by atoms with E-state index in [0.29, 0.717) is 17.0 Å². The molecule has 2 rings (SSSR count). The summed E-state index contributed by atoms with van der Waals surface area (Å²) in [5.74, 6) is 2.77. The average Bonchev–Trinajstić information content (AvgIpc) is 2.66. The highest BCUT2D eigenvalue weighted by molar-refractivity contribution is 5.95. The van der Waals surface area contributed by atoms with E-state index in [4.69, 9.17) is 11.2 Å². The summed E-state index contributed by atoms with van der Waals surface area (Å²) in [5.41, 5.74) is 3.35. The van der Waals surface area contributed by atoms with Crippen LogP contribution in [0.4, 0.5) is 5.69 Å². The first-order chi connectivity index (χ1) is 13.3. The van der Waals surface area contributed by atoms with E-state index in [0.717, 1.165) is 11.1 Å². The standard InChI is InChI=1S/C23H26N2O3/c1-6-18-8-7-9-19(13-18)25-22(26)14-24-23(27)17(5)28-21-12-16(4)10-11-20(21)15(2)3/h1,7-13,15,17H,14H2,2-5H3,(H,24,27)(H,25,26). The first-order valence-electron chi connectivity index (χ1n) is 9.21. The molecule has 0 aliphatic carbocycles. The molecule has 0 aliphatic heterocycles. The maximum absolute atomic E-state index is 12.3. The zero-order valence-electron chi connectivity index (χ0n) is 16.7. The van der Waals surface area contributed by atoms with E-state index in [-0.39, 0.29) is 24.3 Å². The van der Waals surface area contributed by atoms with Crippen LogP contribution >= 0.6 is 0 Å². The highest BCUT2D eigenvalue weighted by Crippen LogP contribution is 2.28. The maximum atomic E-state index is 12.3. The SMILES string of the molecule is C#Cc1cccc(NC(=O)CNC(=O)C(C)Oc2cc(C)ccc2C(C)C)c1. The van der Waals surface area contributed by atoms with Gasteiger partial charge in [0.05, 0.1) is 6.54 Å². The van der Waals surface area contributed by atoms with Crippen molar-refractivity contribution in [1.82, 2.24) is 5.32 Å². The first-order valence-corrected chi connectivity index (χ1v) is 9.21. The lowest BCUT2D eigenvalue weighted by atomic mass is 10.0. The largest absolute Gasteiger partial charge is 0.481 e. The molecule has 0 heterocycles. The third-order valence-corrected chi connectivity index (χ3v) is 4.20. The normalized spacial score (nSPS) is 11.4. The molecule has 0 bridgehead atoms. The van der Waals surface area contributed by atoms with Gasteiger partial charge in [-0.05, 0) is 55.2 Å². The first kappa shape index (κ1) is 21.0. The van der Waals surface area contributed by atoms with Crippen LogP contribution in [-0.4, -0.2) is 24.5 Å². The Bertz CT molecular complexity index is 897. The molecule has 0 saturated heterocycles. The van der Waals surface area contributed by atoms with Gasteiger partial charge in [-0.25, -0.2) is 0 Å². The number of nitrogens with one attached hydrogen (secondary N) is 2. The molecule has 2 N–H and O–H groups in total. The molecule has 0 aromatic heterocycles. The second kappa shape index (κ2) is 9.61. The van der Waals surface area contributed by atoms with E-state index >= 15 is 0 Å². The monoisotopic (exact) mass is 378 g/mol. The number of terminal acetylenes is 1. The van der Waals surface area contributed by atoms with Crippen molar-refractivity contribution in [2.75, 3.05) is 11.9 Å². The van der Waals surface area contributed by atoms with E-state index in [1.807, 2.05) is 25.1 Å². The molecular weight excluding hydrogens is 352 g/mol. The Morgan fingerprint density at radius 2 is 1.89 bits per heavy atom. The predicted molar refractivity (Wildman–Crippen MR) is 111 cm³/mol. The second-order valence-corrected chi connectivity index (χ2v) is 6.95. The highest BCUT2D eigenvalue weighted by Gasteiger charge is 2.18. The Kier molecular flexibility index (Phi) is 7.22. The van der Waals surface area contributed by atoms with Gasteiger partial charge in [0, 0.05) is 11.3 Å². The number of hydrogen-bond donors (Lipinski definition) is 2. The fourth-order valence-corrected chi connectivity index (χ4v) is 2.67. The van der Waals surface area contributed by atoms with E-state index in [1.54, 1.807) is 31.2 Å². The molecule has 2 aromatic rings. The Labute approximate surface area is 166 Å². The Hall–Kier alpha value is -3.26. The molecule has 5 heteroatoms. The quantitative estimate of drug-likeness (QED) is 0.723. The number of amides is 2. The molecule has 1 atom stereocenters. The van der Waals surface area contributed by atoms with E-state index in [2.05, 4.69) is 30.4 Å². The molecular formula is C23H26N2O3. The fraction of sp³-hybridized carbons (Fsp3) is 0.304. The number of anilines is 1. The lowest BCUT2D eigenvalue weighted by Gasteiger charge is -2.19. The van der Waals surface area contributed by atoms with Crippen LogP contribution in [0.2, 0.25) is 0 Å². The van der Waals surface area contributed by atoms with Gasteiger partial charge in [-0.2, -0.15) is 0 Å². The number of carbonyl (C=O) groups excluding carboxylic acids is 2. The van der Waals surface area contributed by atoms with Gasteiger partial charge in [0.1, 0.15) is 5.75 Å². The van der Waals surface area contributed by atoms with Crippen molar-refractivity contribution in [3.8, 4) is 18.1 Å². The fourth-order valence-electron chi connectivity index (χ4n) is 2.67. The topological polar surface area (TPSA) is 67.4 Å². The lowest BCUT2D eigenvalue weighted by molar-refractivity contribution is -0.129. The Balaban J connectivity index is 1.91. The number of rotatable bonds is 7. The second-order valence-electron chi connectivity index (χ2n) is 6.95. The number of hydrogen-bond acceptors (Lipinski definition) is 3. The van der Waals surface area contributed by atoms with Crippen molar-refractivity contribution in [3.63, 3.8) is 0 Å². The van der Waals surface area contributed by atoms with Gasteiger partial charge in [0.2, 0.25) is 5.91 Å². The lowest BCUT2D eigenvalue weighted by Crippen LogP contribution is -2.40. The van der Waals surface area contributed by atoms with Crippen molar-refractivity contribution < 1.29 is 14.3 Å². The van der Waals surface area contributed by atoms with Crippen LogP contribution in [0.3, 0.4) is 0 Å². The summed E-state index contributed by atoms with van der Waals surface area (Å²) in [4.78, 5) is 24.4. The van der Waals surface area contributed by atoms with Crippen LogP contribution in [0, 0.1) is 19.3 Å². The predicted octanol–water partition coefficient (Wildman–Crippen LogP) is 3.62. The van der Waals surface area contributed by atoms with Gasteiger partial charge in [-0.3, -0.25) is 9.59 Å². The van der Waals surface area contributed by atoms with Gasteiger partial charge in [0.25, 0.3) is 5.91 Å². The van der Waals surface area contributed by atoms with Crippen LogP contribution in [0.25, 0.3) is 0 Å². The minimum Gasteiger partial charge on any atom is -0.481 e. The van der Waals surface area contributed by atoms with Crippen molar-refractivity contribution in [3.05, 3.63) is 59.2 Å². The van der Waals surface area contributed by atoms with Gasteiger partial charge in [-0.15, -0.1) is 6.42 Å². The van der Waals surface area contributed by atoms with Crippen molar-refractivity contribution in [2.24, 2.45) is 0 Å². The third-order valence-electron chi connectivity index (χ3n) is 4.20. The van der Waals surface area contributed by atoms with Crippen LogP contribution in [-0.2, 0) is 9.59 Å². The minimum absolute atomic E-state index is 0.155. The van der Waals surface area contributed by atoms with Crippen molar-refractivity contribution in [2.45, 2.75) is 39.7 Å². The average molecular weight is 378 g/mol. The summed E-state index contributed by atoms with van der Waals surface area (Å²) in [6, 6.07) is 12.9. The highest BCUT2D eigenvalue weighted by atomic mass is 16.5. The third kappa shape index (κ3) is 5.88. The molecule has 28 heavy (non-hydrogen) atoms. The molecule has 5 nitrogen and oxygen atoms in total. The molecule has 2 aromatic carbocycles. The number of carbonyl (C=O) groups is 2. The van der Waals surface area contributed by atoms with Crippen LogP contribution in [0.15, 0.2) is 42.5 Å². The van der Waals surface area contributed by atoms with Crippen LogP contribution in [0.5, 0.6) is 5.75 Å². The van der Waals surface area contributed by atoms with Gasteiger partial charge >= 0.3 is 0 Å². The minimum atomic E-state index is -0.725. The zero-order valence-corrected chi connectivity index (χ0v) is 16.7. The zero-order chi connectivity index (χ0) is 20.7.